The SMILES string of the molecule is CC/C=C\C/C=C\C/C=C\C/C=C\C/C=C\C/C=C\C/C=C\CCCCCC(=O)OC(COC(=O)CCCCCCCC/C=C\C/C=C\C/C=C\C/C=C\C/C=C\C/C=C\CC)COP(=O)(O)OCC[N+](C)(C)C. The van der Waals surface area contributed by atoms with E-state index < -0.39 is 32.5 Å². The standard InChI is InChI=1S/C64H102NO8P/c1-6-8-10-12-14-16-18-20-22-24-26-28-30-32-34-36-38-40-42-44-46-48-50-52-54-56-63(66)70-60-62(61-72-74(68,69)71-59-58-65(3,4)5)73-64(67)57-55-53-51-49-47-45-43-41-39-37-35-33-31-29-27-25-23-21-19-17-15-13-11-9-7-2/h8-11,14-17,20-23,26-29,32-35,38-41,45,47,62H,6-7,12-13,18-19,24-25,30-31,36-37,42-44,46,48-61H2,1-5H3/p+1/b10-8-,11-9-,16-14-,17-15-,22-20-,23-21-,28-26-,29-27-,34-32-,35-33-,40-38-,41-39-,47-45-. The smallest absolute Gasteiger partial charge is 0.462 e. The van der Waals surface area contributed by atoms with Crippen molar-refractivity contribution < 1.29 is 42.1 Å². The topological polar surface area (TPSA) is 108 Å². The van der Waals surface area contributed by atoms with Gasteiger partial charge >= 0.3 is 19.8 Å². The minimum absolute atomic E-state index is 0.0118. The lowest BCUT2D eigenvalue weighted by Crippen LogP contribution is -2.37. The Morgan fingerprint density at radius 2 is 0.730 bits per heavy atom. The van der Waals surface area contributed by atoms with E-state index in [-0.39, 0.29) is 26.1 Å². The average molecular weight is 1050 g/mol. The molecule has 0 fully saturated rings. The summed E-state index contributed by atoms with van der Waals surface area (Å²) in [6, 6.07) is 0. The molecule has 0 aliphatic rings. The van der Waals surface area contributed by atoms with Crippen LogP contribution in [0.2, 0.25) is 0 Å². The average Bonchev–Trinajstić information content (AvgIpc) is 3.36. The van der Waals surface area contributed by atoms with Gasteiger partial charge in [0.2, 0.25) is 0 Å². The van der Waals surface area contributed by atoms with Gasteiger partial charge < -0.3 is 18.9 Å². The van der Waals surface area contributed by atoms with Crippen LogP contribution < -0.4 is 0 Å². The molecule has 416 valence electrons. The van der Waals surface area contributed by atoms with Crippen LogP contribution >= 0.6 is 7.82 Å². The van der Waals surface area contributed by atoms with Crippen molar-refractivity contribution in [2.45, 2.75) is 187 Å². The Morgan fingerprint density at radius 3 is 1.09 bits per heavy atom. The number of carbonyl (C=O) groups excluding carboxylic acids is 2. The van der Waals surface area contributed by atoms with Gasteiger partial charge in [-0.2, -0.15) is 0 Å². The lowest BCUT2D eigenvalue weighted by atomic mass is 10.1. The van der Waals surface area contributed by atoms with Crippen LogP contribution in [0.4, 0.5) is 0 Å². The summed E-state index contributed by atoms with van der Waals surface area (Å²) in [5, 5.41) is 0. The van der Waals surface area contributed by atoms with Crippen LogP contribution in [-0.4, -0.2) is 74.9 Å². The third-order valence-electron chi connectivity index (χ3n) is 11.1. The number of hydrogen-bond donors (Lipinski definition) is 1. The third-order valence-corrected chi connectivity index (χ3v) is 12.0. The normalized spacial score (nSPS) is 14.5. The van der Waals surface area contributed by atoms with Crippen LogP contribution in [0, 0.1) is 0 Å². The van der Waals surface area contributed by atoms with Gasteiger partial charge in [0, 0.05) is 12.8 Å². The predicted octanol–water partition coefficient (Wildman–Crippen LogP) is 17.7. The maximum atomic E-state index is 12.8. The maximum Gasteiger partial charge on any atom is 0.472 e. The summed E-state index contributed by atoms with van der Waals surface area (Å²) >= 11 is 0. The van der Waals surface area contributed by atoms with Gasteiger partial charge in [-0.05, 0) is 122 Å². The minimum atomic E-state index is -4.41. The Labute approximate surface area is 452 Å². The van der Waals surface area contributed by atoms with Crippen LogP contribution in [0.1, 0.15) is 181 Å². The molecule has 0 aromatic rings. The zero-order valence-corrected chi connectivity index (χ0v) is 47.9. The summed E-state index contributed by atoms with van der Waals surface area (Å²) in [4.78, 5) is 35.7. The summed E-state index contributed by atoms with van der Waals surface area (Å²) in [6.07, 6.45) is 80.2. The van der Waals surface area contributed by atoms with Crippen molar-refractivity contribution in [1.82, 2.24) is 0 Å². The number of esters is 2. The molecule has 0 aliphatic heterocycles. The van der Waals surface area contributed by atoms with E-state index in [9.17, 15) is 19.0 Å². The van der Waals surface area contributed by atoms with Gasteiger partial charge in [-0.25, -0.2) is 4.57 Å². The summed E-state index contributed by atoms with van der Waals surface area (Å²) in [6.45, 7) is 4.11. The monoisotopic (exact) mass is 1040 g/mol. The van der Waals surface area contributed by atoms with Crippen LogP contribution in [0.25, 0.3) is 0 Å². The fourth-order valence-corrected chi connectivity index (χ4v) is 7.50. The Kier molecular flexibility index (Phi) is 50.3. The van der Waals surface area contributed by atoms with E-state index in [2.05, 4.69) is 172 Å². The quantitative estimate of drug-likeness (QED) is 0.0211. The first-order valence-corrected chi connectivity index (χ1v) is 29.7. The van der Waals surface area contributed by atoms with Crippen molar-refractivity contribution in [3.05, 3.63) is 158 Å². The predicted molar refractivity (Wildman–Crippen MR) is 316 cm³/mol. The van der Waals surface area contributed by atoms with Crippen LogP contribution in [0.5, 0.6) is 0 Å². The Morgan fingerprint density at radius 1 is 0.419 bits per heavy atom. The number of nitrogens with zero attached hydrogens (tertiary/aromatic N) is 1. The van der Waals surface area contributed by atoms with Crippen molar-refractivity contribution in [1.29, 1.82) is 0 Å². The van der Waals surface area contributed by atoms with Gasteiger partial charge in [0.1, 0.15) is 19.8 Å². The van der Waals surface area contributed by atoms with Crippen LogP contribution in [0.15, 0.2) is 158 Å². The Bertz CT molecular complexity index is 1800. The van der Waals surface area contributed by atoms with E-state index in [4.69, 9.17) is 18.5 Å². The molecule has 0 aromatic heterocycles. The summed E-state index contributed by atoms with van der Waals surface area (Å²) < 4.78 is 34.5. The molecule has 0 aromatic carbocycles. The molecule has 0 aliphatic carbocycles. The van der Waals surface area contributed by atoms with E-state index in [0.717, 1.165) is 141 Å². The number of likely N-dealkylation sites (N-methyl/N-ethyl adjacent to an activating group) is 1. The molecule has 0 radical (unpaired) electrons. The highest BCUT2D eigenvalue weighted by Crippen LogP contribution is 2.43. The van der Waals surface area contributed by atoms with E-state index >= 15 is 0 Å². The second-order valence-corrected chi connectivity index (χ2v) is 20.7. The molecule has 10 heteroatoms. The van der Waals surface area contributed by atoms with Gasteiger partial charge in [0.05, 0.1) is 27.7 Å². The zero-order valence-electron chi connectivity index (χ0n) is 47.0. The number of unbranched alkanes of at least 4 members (excludes halogenated alkanes) is 9. The van der Waals surface area contributed by atoms with Crippen molar-refractivity contribution in [3.63, 3.8) is 0 Å². The van der Waals surface area contributed by atoms with Gasteiger partial charge in [0.25, 0.3) is 0 Å². The number of hydrogen-bond acceptors (Lipinski definition) is 7. The molecule has 0 rings (SSSR count). The minimum Gasteiger partial charge on any atom is -0.462 e. The molecule has 74 heavy (non-hydrogen) atoms. The number of phosphoric acid groups is 1. The van der Waals surface area contributed by atoms with Crippen molar-refractivity contribution in [2.75, 3.05) is 47.5 Å². The summed E-state index contributed by atoms with van der Waals surface area (Å²) in [5.74, 6) is -0.869. The zero-order chi connectivity index (χ0) is 54.2. The maximum absolute atomic E-state index is 12.8. The van der Waals surface area contributed by atoms with E-state index in [0.29, 0.717) is 23.9 Å². The highest BCUT2D eigenvalue weighted by Gasteiger charge is 2.27. The number of phosphoric ester groups is 1. The Hall–Kier alpha value is -4.37. The number of carbonyl (C=O) groups is 2. The second-order valence-electron chi connectivity index (χ2n) is 19.2. The molecule has 0 heterocycles. The molecule has 0 saturated carbocycles. The first kappa shape index (κ1) is 69.6. The van der Waals surface area contributed by atoms with Gasteiger partial charge in [-0.3, -0.25) is 18.6 Å². The van der Waals surface area contributed by atoms with Crippen molar-refractivity contribution in [3.8, 4) is 0 Å². The molecule has 2 unspecified atom stereocenters. The van der Waals surface area contributed by atoms with E-state index in [1.54, 1.807) is 0 Å². The molecular formula is C64H103NO8P+. The first-order chi connectivity index (χ1) is 36.0. The van der Waals surface area contributed by atoms with Gasteiger partial charge in [0.15, 0.2) is 6.10 Å². The van der Waals surface area contributed by atoms with Crippen LogP contribution in [0.3, 0.4) is 0 Å². The summed E-state index contributed by atoms with van der Waals surface area (Å²) in [7, 11) is 1.41. The van der Waals surface area contributed by atoms with Crippen LogP contribution in [-0.2, 0) is 32.7 Å². The number of quaternary nitrogens is 1. The molecule has 0 saturated heterocycles. The molecule has 0 amide bonds. The number of allylic oxidation sites excluding steroid dienone is 26. The van der Waals surface area contributed by atoms with Crippen molar-refractivity contribution >= 4 is 19.8 Å². The lowest BCUT2D eigenvalue weighted by Gasteiger charge is -2.24. The largest absolute Gasteiger partial charge is 0.472 e. The first-order valence-electron chi connectivity index (χ1n) is 28.2. The highest BCUT2D eigenvalue weighted by atomic mass is 31.2. The van der Waals surface area contributed by atoms with Gasteiger partial charge in [-0.15, -0.1) is 0 Å². The summed E-state index contributed by atoms with van der Waals surface area (Å²) in [5.41, 5.74) is 0. The van der Waals surface area contributed by atoms with Gasteiger partial charge in [-0.1, -0.05) is 204 Å². The second kappa shape index (κ2) is 53.5. The number of rotatable bonds is 49. The highest BCUT2D eigenvalue weighted by molar-refractivity contribution is 7.47. The van der Waals surface area contributed by atoms with Crippen molar-refractivity contribution in [2.24, 2.45) is 0 Å². The fourth-order valence-electron chi connectivity index (χ4n) is 6.76. The number of ether oxygens (including phenoxy) is 2. The van der Waals surface area contributed by atoms with E-state index in [1.165, 1.54) is 0 Å². The Balaban J connectivity index is 4.36. The molecule has 0 bridgehead atoms. The molecule has 0 spiro atoms. The fraction of sp³-hybridized carbons (Fsp3) is 0.562. The molecule has 2 atom stereocenters. The third kappa shape index (κ3) is 56.9. The van der Waals surface area contributed by atoms with E-state index in [1.807, 2.05) is 21.1 Å². The molecular weight excluding hydrogens is 942 g/mol. The lowest BCUT2D eigenvalue weighted by molar-refractivity contribution is -0.870. The molecule has 1 N–H and O–H groups in total. The molecule has 9 nitrogen and oxygen atoms in total.